The second-order valence-electron chi connectivity index (χ2n) is 5.88. The fourth-order valence-electron chi connectivity index (χ4n) is 2.10. The monoisotopic (exact) mass is 400 g/mol. The molecule has 0 saturated heterocycles. The molecule has 4 nitrogen and oxygen atoms in total. The van der Waals surface area contributed by atoms with E-state index < -0.39 is 41.5 Å². The summed E-state index contributed by atoms with van der Waals surface area (Å²) in [6.45, 7) is 1.92. The van der Waals surface area contributed by atoms with Crippen LogP contribution >= 0.6 is 0 Å². The maximum absolute atomic E-state index is 14.1. The molecule has 0 N–H and O–H groups in total. The van der Waals surface area contributed by atoms with Crippen LogP contribution in [-0.4, -0.2) is 30.8 Å². The van der Waals surface area contributed by atoms with Gasteiger partial charge in [0, 0.05) is 19.7 Å². The van der Waals surface area contributed by atoms with E-state index >= 15 is 0 Å². The van der Waals surface area contributed by atoms with Gasteiger partial charge < -0.3 is 9.64 Å². The van der Waals surface area contributed by atoms with Crippen LogP contribution in [0, 0.1) is 11.6 Å². The predicted molar refractivity (Wildman–Crippen MR) is 93.4 cm³/mol. The highest BCUT2D eigenvalue weighted by Gasteiger charge is 2.30. The lowest BCUT2D eigenvalue weighted by Crippen LogP contribution is -2.14. The molecule has 2 rings (SSSR count). The van der Waals surface area contributed by atoms with E-state index in [0.29, 0.717) is 12.6 Å². The van der Waals surface area contributed by atoms with Gasteiger partial charge in [0.15, 0.2) is 0 Å². The number of carbonyl (C=O) groups is 1. The summed E-state index contributed by atoms with van der Waals surface area (Å²) >= 11 is 0. The van der Waals surface area contributed by atoms with Crippen LogP contribution in [-0.2, 0) is 17.5 Å². The number of hydrogen-bond acceptors (Lipinski definition) is 3. The molecule has 0 heterocycles. The van der Waals surface area contributed by atoms with E-state index in [-0.39, 0.29) is 11.3 Å². The summed E-state index contributed by atoms with van der Waals surface area (Å²) in [6.07, 6.45) is -3.24. The SMILES string of the molecule is CCN(C)/C=N/c1cc(F)c(C(=O)OCc2cccc(C(F)(F)F)c2)cc1F. The number of esters is 1. The van der Waals surface area contributed by atoms with Crippen molar-refractivity contribution in [3.05, 3.63) is 64.7 Å². The summed E-state index contributed by atoms with van der Waals surface area (Å²) in [5.74, 6) is -3.19. The Morgan fingerprint density at radius 1 is 1.18 bits per heavy atom. The first-order valence-electron chi connectivity index (χ1n) is 8.18. The lowest BCUT2D eigenvalue weighted by molar-refractivity contribution is -0.137. The summed E-state index contributed by atoms with van der Waals surface area (Å²) in [5, 5.41) is 0. The van der Waals surface area contributed by atoms with Gasteiger partial charge in [-0.15, -0.1) is 0 Å². The molecule has 2 aromatic carbocycles. The lowest BCUT2D eigenvalue weighted by atomic mass is 10.1. The highest BCUT2D eigenvalue weighted by molar-refractivity contribution is 5.90. The number of hydrogen-bond donors (Lipinski definition) is 0. The van der Waals surface area contributed by atoms with Gasteiger partial charge in [0.25, 0.3) is 0 Å². The van der Waals surface area contributed by atoms with E-state index in [9.17, 15) is 26.7 Å². The van der Waals surface area contributed by atoms with Gasteiger partial charge in [-0.3, -0.25) is 0 Å². The normalized spacial score (nSPS) is 11.7. The first-order chi connectivity index (χ1) is 13.1. The van der Waals surface area contributed by atoms with E-state index in [2.05, 4.69) is 4.99 Å². The molecule has 0 fully saturated rings. The number of rotatable bonds is 6. The van der Waals surface area contributed by atoms with Crippen molar-refractivity contribution in [2.24, 2.45) is 4.99 Å². The molecule has 150 valence electrons. The molecule has 28 heavy (non-hydrogen) atoms. The van der Waals surface area contributed by atoms with Gasteiger partial charge in [0.2, 0.25) is 0 Å². The van der Waals surface area contributed by atoms with Crippen LogP contribution in [0.2, 0.25) is 0 Å². The number of halogens is 5. The fraction of sp³-hybridized carbons (Fsp3) is 0.263. The van der Waals surface area contributed by atoms with E-state index in [4.69, 9.17) is 4.74 Å². The summed E-state index contributed by atoms with van der Waals surface area (Å²) in [4.78, 5) is 17.4. The number of ether oxygens (including phenoxy) is 1. The highest BCUT2D eigenvalue weighted by Crippen LogP contribution is 2.30. The van der Waals surface area contributed by atoms with E-state index in [1.165, 1.54) is 12.4 Å². The van der Waals surface area contributed by atoms with Gasteiger partial charge >= 0.3 is 12.1 Å². The van der Waals surface area contributed by atoms with Crippen LogP contribution < -0.4 is 0 Å². The molecular weight excluding hydrogens is 383 g/mol. The molecule has 0 aromatic heterocycles. The molecule has 2 aromatic rings. The Hall–Kier alpha value is -2.97. The van der Waals surface area contributed by atoms with Crippen LogP contribution in [0.4, 0.5) is 27.6 Å². The fourth-order valence-corrected chi connectivity index (χ4v) is 2.10. The summed E-state index contributed by atoms with van der Waals surface area (Å²) in [7, 11) is 1.69. The molecule has 0 unspecified atom stereocenters. The zero-order valence-corrected chi connectivity index (χ0v) is 15.1. The summed E-state index contributed by atoms with van der Waals surface area (Å²) < 4.78 is 71.1. The highest BCUT2D eigenvalue weighted by atomic mass is 19.4. The minimum absolute atomic E-state index is 0.0629. The molecule has 0 aliphatic heterocycles. The van der Waals surface area contributed by atoms with Crippen molar-refractivity contribution < 1.29 is 31.5 Å². The molecule has 0 saturated carbocycles. The van der Waals surface area contributed by atoms with Crippen molar-refractivity contribution in [1.82, 2.24) is 4.90 Å². The Bertz CT molecular complexity index is 881. The van der Waals surface area contributed by atoms with Crippen molar-refractivity contribution in [3.63, 3.8) is 0 Å². The molecule has 9 heteroatoms. The van der Waals surface area contributed by atoms with Crippen LogP contribution in [0.3, 0.4) is 0 Å². The number of benzene rings is 2. The molecule has 0 bridgehead atoms. The molecule has 0 aliphatic rings. The van der Waals surface area contributed by atoms with Gasteiger partial charge in [0.05, 0.1) is 17.5 Å². The van der Waals surface area contributed by atoms with Crippen molar-refractivity contribution in [2.75, 3.05) is 13.6 Å². The Morgan fingerprint density at radius 2 is 1.89 bits per heavy atom. The van der Waals surface area contributed by atoms with Crippen molar-refractivity contribution in [1.29, 1.82) is 0 Å². The zero-order chi connectivity index (χ0) is 20.9. The van der Waals surface area contributed by atoms with E-state index in [1.54, 1.807) is 11.9 Å². The van der Waals surface area contributed by atoms with Gasteiger partial charge in [-0.1, -0.05) is 12.1 Å². The van der Waals surface area contributed by atoms with Crippen LogP contribution in [0.1, 0.15) is 28.4 Å². The minimum Gasteiger partial charge on any atom is -0.457 e. The predicted octanol–water partition coefficient (Wildman–Crippen LogP) is 4.95. The molecular formula is C19H17F5N2O2. The average Bonchev–Trinajstić information content (AvgIpc) is 2.65. The largest absolute Gasteiger partial charge is 0.457 e. The summed E-state index contributed by atoms with van der Waals surface area (Å²) in [6, 6.07) is 5.55. The Morgan fingerprint density at radius 3 is 2.54 bits per heavy atom. The zero-order valence-electron chi connectivity index (χ0n) is 15.1. The number of nitrogens with zero attached hydrogens (tertiary/aromatic N) is 2. The molecule has 0 radical (unpaired) electrons. The van der Waals surface area contributed by atoms with Gasteiger partial charge in [-0.2, -0.15) is 13.2 Å². The van der Waals surface area contributed by atoms with E-state index in [0.717, 1.165) is 24.3 Å². The molecule has 0 amide bonds. The van der Waals surface area contributed by atoms with Crippen molar-refractivity contribution in [3.8, 4) is 0 Å². The van der Waals surface area contributed by atoms with Crippen LogP contribution in [0.5, 0.6) is 0 Å². The Labute approximate surface area is 158 Å². The first-order valence-corrected chi connectivity index (χ1v) is 8.18. The standard InChI is InChI=1S/C19H17F5N2O2/c1-3-26(2)11-25-17-9-15(20)14(8-16(17)21)18(27)28-10-12-5-4-6-13(7-12)19(22,23)24/h4-9,11H,3,10H2,1-2H3/b25-11+. The maximum Gasteiger partial charge on any atom is 0.416 e. The van der Waals surface area contributed by atoms with E-state index in [1.807, 2.05) is 6.92 Å². The second-order valence-corrected chi connectivity index (χ2v) is 5.88. The average molecular weight is 400 g/mol. The third kappa shape index (κ3) is 5.51. The van der Waals surface area contributed by atoms with Crippen molar-refractivity contribution in [2.45, 2.75) is 19.7 Å². The Balaban J connectivity index is 2.13. The Kier molecular flexibility index (Phi) is 6.71. The maximum atomic E-state index is 14.1. The summed E-state index contributed by atoms with van der Waals surface area (Å²) in [5.41, 5.74) is -1.81. The molecule has 0 spiro atoms. The number of carbonyl (C=O) groups excluding carboxylic acids is 1. The number of alkyl halides is 3. The third-order valence-electron chi connectivity index (χ3n) is 3.77. The van der Waals surface area contributed by atoms with Gasteiger partial charge in [-0.25, -0.2) is 18.6 Å². The van der Waals surface area contributed by atoms with Gasteiger partial charge in [0.1, 0.15) is 23.9 Å². The molecule has 0 atom stereocenters. The lowest BCUT2D eigenvalue weighted by Gasteiger charge is -2.10. The molecule has 0 aliphatic carbocycles. The van der Waals surface area contributed by atoms with Crippen LogP contribution in [0.25, 0.3) is 0 Å². The van der Waals surface area contributed by atoms with Crippen LogP contribution in [0.15, 0.2) is 41.4 Å². The smallest absolute Gasteiger partial charge is 0.416 e. The van der Waals surface area contributed by atoms with Crippen molar-refractivity contribution >= 4 is 18.0 Å². The number of aliphatic imine (C=N–C) groups is 1. The van der Waals surface area contributed by atoms with Gasteiger partial charge in [-0.05, 0) is 30.7 Å². The minimum atomic E-state index is -4.54. The topological polar surface area (TPSA) is 41.9 Å². The quantitative estimate of drug-likeness (QED) is 0.298. The third-order valence-corrected chi connectivity index (χ3v) is 3.77. The first kappa shape index (κ1) is 21.3. The second kappa shape index (κ2) is 8.81.